The number of aryl methyl sites for hydroxylation is 1. The fraction of sp³-hybridized carbons (Fsp3) is 0.176. The average Bonchev–Trinajstić information content (AvgIpc) is 2.52. The summed E-state index contributed by atoms with van der Waals surface area (Å²) in [4.78, 5) is 24.5. The van der Waals surface area contributed by atoms with Gasteiger partial charge in [-0.2, -0.15) is 0 Å². The number of ether oxygens (including phenoxy) is 1. The van der Waals surface area contributed by atoms with Crippen LogP contribution in [0.15, 0.2) is 57.9 Å². The minimum Gasteiger partial charge on any atom is -0.447 e. The lowest BCUT2D eigenvalue weighted by molar-refractivity contribution is -0.152. The molecule has 0 saturated carbocycles. The summed E-state index contributed by atoms with van der Waals surface area (Å²) in [6.45, 7) is 1.97. The maximum absolute atomic E-state index is 12.0. The zero-order valence-electron chi connectivity index (χ0n) is 12.5. The molecular weight excluding hydrogens is 378 g/mol. The van der Waals surface area contributed by atoms with E-state index in [9.17, 15) is 9.59 Å². The Morgan fingerprint density at radius 3 is 2.52 bits per heavy atom. The van der Waals surface area contributed by atoms with Crippen molar-refractivity contribution in [1.29, 1.82) is 0 Å². The molecule has 2 aromatic rings. The summed E-state index contributed by atoms with van der Waals surface area (Å²) in [6.07, 6.45) is -1.06. The molecule has 0 aliphatic heterocycles. The first-order valence-corrected chi connectivity index (χ1v) is 8.68. The number of esters is 1. The van der Waals surface area contributed by atoms with Gasteiger partial charge in [0.25, 0.3) is 5.91 Å². The molecule has 2 aromatic carbocycles. The van der Waals surface area contributed by atoms with Crippen molar-refractivity contribution in [2.75, 3.05) is 5.75 Å². The van der Waals surface area contributed by atoms with Crippen molar-refractivity contribution >= 4 is 39.6 Å². The molecule has 0 saturated heterocycles. The van der Waals surface area contributed by atoms with Crippen molar-refractivity contribution in [2.45, 2.75) is 17.9 Å². The van der Waals surface area contributed by atoms with Crippen LogP contribution in [0, 0.1) is 6.92 Å². The van der Waals surface area contributed by atoms with Gasteiger partial charge in [0, 0.05) is 14.9 Å². The van der Waals surface area contributed by atoms with Gasteiger partial charge < -0.3 is 10.5 Å². The predicted molar refractivity (Wildman–Crippen MR) is 94.1 cm³/mol. The summed E-state index contributed by atoms with van der Waals surface area (Å²) in [5.74, 6) is -1.06. The minimum atomic E-state index is -1.06. The molecular formula is C17H16BrNO3S. The van der Waals surface area contributed by atoms with Crippen molar-refractivity contribution in [3.63, 3.8) is 0 Å². The molecule has 0 aliphatic rings. The maximum Gasteiger partial charge on any atom is 0.317 e. The van der Waals surface area contributed by atoms with Crippen molar-refractivity contribution in [3.8, 4) is 0 Å². The summed E-state index contributed by atoms with van der Waals surface area (Å²) in [7, 11) is 0. The lowest BCUT2D eigenvalue weighted by Gasteiger charge is -2.15. The number of hydrogen-bond acceptors (Lipinski definition) is 4. The number of hydrogen-bond donors (Lipinski definition) is 1. The van der Waals surface area contributed by atoms with Crippen LogP contribution in [0.25, 0.3) is 0 Å². The Morgan fingerprint density at radius 1 is 1.22 bits per heavy atom. The Balaban J connectivity index is 1.98. The van der Waals surface area contributed by atoms with Crippen LogP contribution >= 0.6 is 27.7 Å². The molecule has 0 fully saturated rings. The summed E-state index contributed by atoms with van der Waals surface area (Å²) in [6, 6.07) is 14.6. The van der Waals surface area contributed by atoms with Crippen LogP contribution < -0.4 is 5.73 Å². The lowest BCUT2D eigenvalue weighted by atomic mass is 10.1. The first-order valence-electron chi connectivity index (χ1n) is 6.90. The normalized spacial score (nSPS) is 11.7. The van der Waals surface area contributed by atoms with Crippen LogP contribution in [0.5, 0.6) is 0 Å². The number of carbonyl (C=O) groups excluding carboxylic acids is 2. The Bertz CT molecular complexity index is 706. The SMILES string of the molecule is Cc1cc(Br)ccc1SCC(=O)O[C@H](C(N)=O)c1ccccc1. The zero-order valence-corrected chi connectivity index (χ0v) is 14.9. The Kier molecular flexibility index (Phi) is 6.24. The molecule has 120 valence electrons. The van der Waals surface area contributed by atoms with Crippen molar-refractivity contribution < 1.29 is 14.3 Å². The van der Waals surface area contributed by atoms with E-state index < -0.39 is 18.0 Å². The summed E-state index contributed by atoms with van der Waals surface area (Å²) in [5.41, 5.74) is 6.97. The number of benzene rings is 2. The topological polar surface area (TPSA) is 69.4 Å². The van der Waals surface area contributed by atoms with Gasteiger partial charge in [-0.25, -0.2) is 0 Å². The fourth-order valence-corrected chi connectivity index (χ4v) is 3.26. The van der Waals surface area contributed by atoms with Gasteiger partial charge in [0.05, 0.1) is 5.75 Å². The molecule has 0 spiro atoms. The van der Waals surface area contributed by atoms with E-state index in [2.05, 4.69) is 15.9 Å². The third kappa shape index (κ3) is 5.11. The van der Waals surface area contributed by atoms with Gasteiger partial charge >= 0.3 is 5.97 Å². The van der Waals surface area contributed by atoms with Crippen LogP contribution in [0.2, 0.25) is 0 Å². The number of carbonyl (C=O) groups is 2. The highest BCUT2D eigenvalue weighted by Gasteiger charge is 2.22. The highest BCUT2D eigenvalue weighted by molar-refractivity contribution is 9.10. The third-order valence-electron chi connectivity index (χ3n) is 3.09. The summed E-state index contributed by atoms with van der Waals surface area (Å²) < 4.78 is 6.23. The molecule has 6 heteroatoms. The molecule has 0 bridgehead atoms. The third-order valence-corrected chi connectivity index (χ3v) is 4.73. The van der Waals surface area contributed by atoms with Crippen molar-refractivity contribution in [3.05, 3.63) is 64.1 Å². The zero-order chi connectivity index (χ0) is 16.8. The number of nitrogens with two attached hydrogens (primary N) is 1. The number of amides is 1. The Labute approximate surface area is 147 Å². The second kappa shape index (κ2) is 8.17. The molecule has 2 N–H and O–H groups in total. The van der Waals surface area contributed by atoms with Crippen LogP contribution in [-0.4, -0.2) is 17.6 Å². The summed E-state index contributed by atoms with van der Waals surface area (Å²) in [5, 5.41) is 0. The van der Waals surface area contributed by atoms with Gasteiger partial charge in [-0.05, 0) is 30.7 Å². The molecule has 23 heavy (non-hydrogen) atoms. The van der Waals surface area contributed by atoms with Gasteiger partial charge in [-0.3, -0.25) is 9.59 Å². The predicted octanol–water partition coefficient (Wildman–Crippen LogP) is 3.62. The maximum atomic E-state index is 12.0. The van der Waals surface area contributed by atoms with Crippen molar-refractivity contribution in [1.82, 2.24) is 0 Å². The second-order valence-corrected chi connectivity index (χ2v) is 6.81. The molecule has 4 nitrogen and oxygen atoms in total. The Morgan fingerprint density at radius 2 is 1.91 bits per heavy atom. The van der Waals surface area contributed by atoms with Gasteiger partial charge in [0.15, 0.2) is 0 Å². The minimum absolute atomic E-state index is 0.110. The Hall–Kier alpha value is -1.79. The number of primary amides is 1. The van der Waals surface area contributed by atoms with Crippen LogP contribution in [0.1, 0.15) is 17.2 Å². The van der Waals surface area contributed by atoms with E-state index in [0.29, 0.717) is 5.56 Å². The van der Waals surface area contributed by atoms with Crippen LogP contribution in [0.3, 0.4) is 0 Å². The fourth-order valence-electron chi connectivity index (χ4n) is 2.00. The quantitative estimate of drug-likeness (QED) is 0.600. The van der Waals surface area contributed by atoms with E-state index in [1.165, 1.54) is 11.8 Å². The van der Waals surface area contributed by atoms with Crippen molar-refractivity contribution in [2.24, 2.45) is 5.73 Å². The largest absolute Gasteiger partial charge is 0.447 e. The van der Waals surface area contributed by atoms with E-state index in [0.717, 1.165) is 14.9 Å². The van der Waals surface area contributed by atoms with Gasteiger partial charge in [0.2, 0.25) is 6.10 Å². The first kappa shape index (κ1) is 17.6. The van der Waals surface area contributed by atoms with Gasteiger partial charge in [-0.15, -0.1) is 11.8 Å². The molecule has 0 aliphatic carbocycles. The molecule has 1 atom stereocenters. The smallest absolute Gasteiger partial charge is 0.317 e. The van der Waals surface area contributed by atoms with Gasteiger partial charge in [0.1, 0.15) is 0 Å². The number of thioether (sulfide) groups is 1. The second-order valence-electron chi connectivity index (χ2n) is 4.88. The van der Waals surface area contributed by atoms with E-state index in [1.54, 1.807) is 24.3 Å². The van der Waals surface area contributed by atoms with Crippen LogP contribution in [0.4, 0.5) is 0 Å². The number of halogens is 1. The molecule has 2 rings (SSSR count). The lowest BCUT2D eigenvalue weighted by Crippen LogP contribution is -2.26. The van der Waals surface area contributed by atoms with Gasteiger partial charge in [-0.1, -0.05) is 46.3 Å². The van der Waals surface area contributed by atoms with E-state index in [4.69, 9.17) is 10.5 Å². The summed E-state index contributed by atoms with van der Waals surface area (Å²) >= 11 is 4.76. The molecule has 1 amide bonds. The highest BCUT2D eigenvalue weighted by atomic mass is 79.9. The van der Waals surface area contributed by atoms with Crippen LogP contribution in [-0.2, 0) is 14.3 Å². The number of rotatable bonds is 6. The first-order chi connectivity index (χ1) is 11.0. The van der Waals surface area contributed by atoms with E-state index in [1.807, 2.05) is 31.2 Å². The van der Waals surface area contributed by atoms with E-state index in [-0.39, 0.29) is 5.75 Å². The standard InChI is InChI=1S/C17H16BrNO3S/c1-11-9-13(18)7-8-14(11)23-10-15(20)22-16(17(19)21)12-5-3-2-4-6-12/h2-9,16H,10H2,1H3,(H2,19,21)/t16-/m0/s1. The van der Waals surface area contributed by atoms with E-state index >= 15 is 0 Å². The molecule has 0 radical (unpaired) electrons. The molecule has 0 unspecified atom stereocenters. The molecule has 0 aromatic heterocycles. The average molecular weight is 394 g/mol. The highest BCUT2D eigenvalue weighted by Crippen LogP contribution is 2.26. The molecule has 0 heterocycles. The monoisotopic (exact) mass is 393 g/mol.